The molecule has 1 rings (SSSR count). The predicted molar refractivity (Wildman–Crippen MR) is 54.8 cm³/mol. The first-order valence-corrected chi connectivity index (χ1v) is 4.62. The van der Waals surface area contributed by atoms with Gasteiger partial charge in [-0.25, -0.2) is 0 Å². The Hall–Kier alpha value is -0.690. The van der Waals surface area contributed by atoms with Gasteiger partial charge in [0.1, 0.15) is 0 Å². The molecule has 1 nitrogen and oxygen atoms in total. The second-order valence-corrected chi connectivity index (χ2v) is 3.40. The fourth-order valence-corrected chi connectivity index (χ4v) is 1.06. The molecule has 0 unspecified atom stereocenters. The molecule has 0 aliphatic carbocycles. The first kappa shape index (κ1) is 9.40. The maximum Gasteiger partial charge on any atom is 0.0407 e. The third kappa shape index (κ3) is 2.74. The summed E-state index contributed by atoms with van der Waals surface area (Å²) in [5.41, 5.74) is 1.13. The van der Waals surface area contributed by atoms with Crippen LogP contribution in [-0.4, -0.2) is 6.04 Å². The van der Waals surface area contributed by atoms with E-state index < -0.39 is 0 Å². The monoisotopic (exact) mass is 183 g/mol. The lowest BCUT2D eigenvalue weighted by Crippen LogP contribution is -2.12. The summed E-state index contributed by atoms with van der Waals surface area (Å²) in [6.45, 7) is 4.32. The van der Waals surface area contributed by atoms with Crippen LogP contribution in [0.5, 0.6) is 0 Å². The van der Waals surface area contributed by atoms with Crippen LogP contribution in [0.1, 0.15) is 20.3 Å². The molecule has 0 aliphatic heterocycles. The molecule has 1 atom stereocenters. The minimum Gasteiger partial charge on any atom is -0.383 e. The van der Waals surface area contributed by atoms with E-state index in [1.54, 1.807) is 0 Å². The lowest BCUT2D eigenvalue weighted by Gasteiger charge is -2.12. The third-order valence-corrected chi connectivity index (χ3v) is 2.12. The molecule has 0 heterocycles. The van der Waals surface area contributed by atoms with Gasteiger partial charge in [0, 0.05) is 16.8 Å². The maximum absolute atomic E-state index is 5.75. The second-order valence-electron chi connectivity index (χ2n) is 2.96. The van der Waals surface area contributed by atoms with Crippen LogP contribution in [0.15, 0.2) is 24.3 Å². The van der Waals surface area contributed by atoms with Crippen LogP contribution in [0, 0.1) is 0 Å². The topological polar surface area (TPSA) is 12.0 Å². The zero-order valence-electron chi connectivity index (χ0n) is 7.47. The van der Waals surface area contributed by atoms with Crippen LogP contribution in [-0.2, 0) is 0 Å². The lowest BCUT2D eigenvalue weighted by atomic mass is 10.2. The molecule has 12 heavy (non-hydrogen) atoms. The Balaban J connectivity index is 2.58. The predicted octanol–water partition coefficient (Wildman–Crippen LogP) is 3.55. The van der Waals surface area contributed by atoms with Crippen LogP contribution >= 0.6 is 11.6 Å². The maximum atomic E-state index is 5.75. The van der Waals surface area contributed by atoms with Crippen LogP contribution in [0.25, 0.3) is 0 Å². The summed E-state index contributed by atoms with van der Waals surface area (Å²) >= 11 is 5.75. The van der Waals surface area contributed by atoms with E-state index in [0.29, 0.717) is 6.04 Å². The molecule has 0 aliphatic rings. The van der Waals surface area contributed by atoms with Gasteiger partial charge in [-0.3, -0.25) is 0 Å². The summed E-state index contributed by atoms with van der Waals surface area (Å²) in [7, 11) is 0. The molecular formula is C10H14ClN. The smallest absolute Gasteiger partial charge is 0.0407 e. The molecule has 1 aromatic carbocycles. The number of benzene rings is 1. The Bertz CT molecular complexity index is 230. The molecule has 2 heteroatoms. The number of rotatable bonds is 3. The highest BCUT2D eigenvalue weighted by atomic mass is 35.5. The van der Waals surface area contributed by atoms with Crippen molar-refractivity contribution in [1.29, 1.82) is 0 Å². The van der Waals surface area contributed by atoms with Crippen LogP contribution in [0.2, 0.25) is 5.02 Å². The molecule has 1 aromatic rings. The number of hydrogen-bond donors (Lipinski definition) is 1. The average molecular weight is 184 g/mol. The van der Waals surface area contributed by atoms with Crippen molar-refractivity contribution in [2.45, 2.75) is 26.3 Å². The van der Waals surface area contributed by atoms with Gasteiger partial charge in [-0.2, -0.15) is 0 Å². The van der Waals surface area contributed by atoms with E-state index >= 15 is 0 Å². The largest absolute Gasteiger partial charge is 0.383 e. The van der Waals surface area contributed by atoms with E-state index in [1.165, 1.54) is 0 Å². The summed E-state index contributed by atoms with van der Waals surface area (Å²) in [6.07, 6.45) is 1.13. The van der Waals surface area contributed by atoms with E-state index in [2.05, 4.69) is 19.2 Å². The van der Waals surface area contributed by atoms with Gasteiger partial charge >= 0.3 is 0 Å². The van der Waals surface area contributed by atoms with Crippen molar-refractivity contribution in [1.82, 2.24) is 0 Å². The van der Waals surface area contributed by atoms with Crippen molar-refractivity contribution in [3.8, 4) is 0 Å². The molecule has 66 valence electrons. The van der Waals surface area contributed by atoms with Gasteiger partial charge in [0.25, 0.3) is 0 Å². The zero-order chi connectivity index (χ0) is 8.97. The summed E-state index contributed by atoms with van der Waals surface area (Å²) in [5.74, 6) is 0. The van der Waals surface area contributed by atoms with Crippen molar-refractivity contribution in [2.75, 3.05) is 5.32 Å². The summed E-state index contributed by atoms with van der Waals surface area (Å²) < 4.78 is 0. The van der Waals surface area contributed by atoms with Crippen LogP contribution in [0.3, 0.4) is 0 Å². The van der Waals surface area contributed by atoms with E-state index in [0.717, 1.165) is 17.1 Å². The number of anilines is 1. The van der Waals surface area contributed by atoms with E-state index in [-0.39, 0.29) is 0 Å². The number of hydrogen-bond acceptors (Lipinski definition) is 1. The highest BCUT2D eigenvalue weighted by molar-refractivity contribution is 6.30. The fraction of sp³-hybridized carbons (Fsp3) is 0.400. The third-order valence-electron chi connectivity index (χ3n) is 1.87. The Kier molecular flexibility index (Phi) is 3.42. The number of nitrogens with one attached hydrogen (secondary N) is 1. The minimum atomic E-state index is 0.520. The molecule has 0 spiro atoms. The molecule has 0 radical (unpaired) electrons. The molecule has 0 saturated heterocycles. The van der Waals surface area contributed by atoms with Crippen molar-refractivity contribution < 1.29 is 0 Å². The van der Waals surface area contributed by atoms with Crippen LogP contribution < -0.4 is 5.32 Å². The van der Waals surface area contributed by atoms with Crippen molar-refractivity contribution in [3.05, 3.63) is 29.3 Å². The van der Waals surface area contributed by atoms with Crippen LogP contribution in [0.4, 0.5) is 5.69 Å². The van der Waals surface area contributed by atoms with Gasteiger partial charge in [-0.1, -0.05) is 18.5 Å². The molecule has 0 aromatic heterocycles. The Morgan fingerprint density at radius 2 is 1.92 bits per heavy atom. The van der Waals surface area contributed by atoms with E-state index in [4.69, 9.17) is 11.6 Å². The average Bonchev–Trinajstić information content (AvgIpc) is 2.09. The highest BCUT2D eigenvalue weighted by Gasteiger charge is 1.97. The van der Waals surface area contributed by atoms with Gasteiger partial charge in [-0.05, 0) is 37.6 Å². The molecule has 0 fully saturated rings. The zero-order valence-corrected chi connectivity index (χ0v) is 8.23. The summed E-state index contributed by atoms with van der Waals surface area (Å²) in [4.78, 5) is 0. The van der Waals surface area contributed by atoms with Crippen molar-refractivity contribution >= 4 is 17.3 Å². The summed E-state index contributed by atoms with van der Waals surface area (Å²) in [5, 5.41) is 4.14. The standard InChI is InChI=1S/C10H14ClN/c1-3-8(2)12-10-6-4-9(11)5-7-10/h4-8,12H,3H2,1-2H3/t8-/m1/s1. The Morgan fingerprint density at radius 1 is 1.33 bits per heavy atom. The second kappa shape index (κ2) is 4.36. The van der Waals surface area contributed by atoms with Gasteiger partial charge in [0.2, 0.25) is 0 Å². The van der Waals surface area contributed by atoms with Crippen molar-refractivity contribution in [3.63, 3.8) is 0 Å². The quantitative estimate of drug-likeness (QED) is 0.756. The van der Waals surface area contributed by atoms with E-state index in [9.17, 15) is 0 Å². The molecule has 0 amide bonds. The first-order valence-electron chi connectivity index (χ1n) is 4.24. The van der Waals surface area contributed by atoms with Gasteiger partial charge in [0.05, 0.1) is 0 Å². The van der Waals surface area contributed by atoms with E-state index in [1.807, 2.05) is 24.3 Å². The Labute approximate surface area is 78.7 Å². The molecule has 1 N–H and O–H groups in total. The van der Waals surface area contributed by atoms with Gasteiger partial charge < -0.3 is 5.32 Å². The van der Waals surface area contributed by atoms with Gasteiger partial charge in [-0.15, -0.1) is 0 Å². The first-order chi connectivity index (χ1) is 5.72. The molecular weight excluding hydrogens is 170 g/mol. The lowest BCUT2D eigenvalue weighted by molar-refractivity contribution is 0.764. The van der Waals surface area contributed by atoms with Crippen molar-refractivity contribution in [2.24, 2.45) is 0 Å². The number of halogens is 1. The Morgan fingerprint density at radius 3 is 2.42 bits per heavy atom. The summed E-state index contributed by atoms with van der Waals surface area (Å²) in [6, 6.07) is 8.30. The normalized spacial score (nSPS) is 12.6. The molecule has 0 bridgehead atoms. The molecule has 0 saturated carbocycles. The van der Waals surface area contributed by atoms with Gasteiger partial charge in [0.15, 0.2) is 0 Å². The minimum absolute atomic E-state index is 0.520. The highest BCUT2D eigenvalue weighted by Crippen LogP contribution is 2.14. The SMILES string of the molecule is CC[C@@H](C)Nc1ccc(Cl)cc1. The fourth-order valence-electron chi connectivity index (χ4n) is 0.933.